The van der Waals surface area contributed by atoms with Crippen LogP contribution >= 0.6 is 24.0 Å². The Morgan fingerprint density at radius 2 is 1.94 bits per heavy atom. The van der Waals surface area contributed by atoms with Gasteiger partial charge in [-0.05, 0) is 50.7 Å². The molecule has 1 saturated carbocycles. The highest BCUT2D eigenvalue weighted by molar-refractivity contribution is 14.0. The van der Waals surface area contributed by atoms with Crippen molar-refractivity contribution in [3.63, 3.8) is 0 Å². The molecule has 31 heavy (non-hydrogen) atoms. The van der Waals surface area contributed by atoms with E-state index in [1.807, 2.05) is 13.1 Å². The van der Waals surface area contributed by atoms with Crippen LogP contribution in [0.2, 0.25) is 0 Å². The van der Waals surface area contributed by atoms with Crippen molar-refractivity contribution in [3.05, 3.63) is 23.9 Å². The van der Waals surface area contributed by atoms with Gasteiger partial charge in [0.2, 0.25) is 0 Å². The molecule has 2 fully saturated rings. The van der Waals surface area contributed by atoms with Gasteiger partial charge in [0.15, 0.2) is 5.96 Å². The van der Waals surface area contributed by atoms with E-state index in [9.17, 15) is 4.21 Å². The van der Waals surface area contributed by atoms with Gasteiger partial charge in [0.05, 0.1) is 6.54 Å². The van der Waals surface area contributed by atoms with Gasteiger partial charge in [0, 0.05) is 53.7 Å². The number of hydrogen-bond donors (Lipinski definition) is 2. The maximum Gasteiger partial charge on any atom is 0.191 e. The summed E-state index contributed by atoms with van der Waals surface area (Å²) in [6.45, 7) is 7.78. The maximum atomic E-state index is 12.2. The van der Waals surface area contributed by atoms with Gasteiger partial charge in [0.25, 0.3) is 0 Å². The fourth-order valence-corrected chi connectivity index (χ4v) is 5.78. The summed E-state index contributed by atoms with van der Waals surface area (Å²) in [6.07, 6.45) is 11.5. The van der Waals surface area contributed by atoms with Crippen LogP contribution < -0.4 is 15.5 Å². The van der Waals surface area contributed by atoms with E-state index in [-0.39, 0.29) is 24.0 Å². The van der Waals surface area contributed by atoms with E-state index in [1.165, 1.54) is 25.7 Å². The first-order chi connectivity index (χ1) is 14.7. The minimum atomic E-state index is -0.704. The third-order valence-electron chi connectivity index (χ3n) is 6.13. The van der Waals surface area contributed by atoms with Crippen LogP contribution in [0.4, 0.5) is 5.82 Å². The molecule has 1 aliphatic carbocycles. The first-order valence-corrected chi connectivity index (χ1v) is 13.2. The highest BCUT2D eigenvalue weighted by atomic mass is 127. The molecule has 176 valence electrons. The molecule has 8 heteroatoms. The van der Waals surface area contributed by atoms with Gasteiger partial charge in [-0.1, -0.05) is 32.3 Å². The van der Waals surface area contributed by atoms with Gasteiger partial charge in [-0.3, -0.25) is 4.21 Å². The molecule has 0 spiro atoms. The largest absolute Gasteiger partial charge is 0.357 e. The van der Waals surface area contributed by atoms with Gasteiger partial charge in [0.1, 0.15) is 5.82 Å². The van der Waals surface area contributed by atoms with E-state index in [4.69, 9.17) is 9.98 Å². The molecule has 0 radical (unpaired) electrons. The topological polar surface area (TPSA) is 69.6 Å². The predicted molar refractivity (Wildman–Crippen MR) is 143 cm³/mol. The molecule has 2 heterocycles. The van der Waals surface area contributed by atoms with Crippen molar-refractivity contribution in [3.8, 4) is 0 Å². The van der Waals surface area contributed by atoms with Crippen molar-refractivity contribution in [2.24, 2.45) is 4.99 Å². The zero-order valence-corrected chi connectivity index (χ0v) is 22.3. The van der Waals surface area contributed by atoms with Gasteiger partial charge >= 0.3 is 0 Å². The van der Waals surface area contributed by atoms with E-state index in [2.05, 4.69) is 34.6 Å². The molecule has 3 unspecified atom stereocenters. The summed E-state index contributed by atoms with van der Waals surface area (Å²) in [5.74, 6) is 2.69. The molecule has 1 aromatic rings. The van der Waals surface area contributed by atoms with Gasteiger partial charge in [-0.15, -0.1) is 24.0 Å². The number of aromatic nitrogens is 1. The quantitative estimate of drug-likeness (QED) is 0.297. The average Bonchev–Trinajstić information content (AvgIpc) is 3.07. The lowest BCUT2D eigenvalue weighted by Gasteiger charge is -2.30. The fourth-order valence-electron chi connectivity index (χ4n) is 4.43. The minimum absolute atomic E-state index is 0. The molecule has 3 atom stereocenters. The number of rotatable bonds is 7. The van der Waals surface area contributed by atoms with E-state index in [0.717, 1.165) is 68.4 Å². The van der Waals surface area contributed by atoms with Crippen molar-refractivity contribution >= 4 is 46.6 Å². The summed E-state index contributed by atoms with van der Waals surface area (Å²) in [6, 6.07) is 4.64. The Hall–Kier alpha value is -0.900. The van der Waals surface area contributed by atoms with E-state index in [0.29, 0.717) is 17.8 Å². The summed E-state index contributed by atoms with van der Waals surface area (Å²) < 4.78 is 12.2. The number of pyridine rings is 1. The number of anilines is 1. The molecule has 0 bridgehead atoms. The van der Waals surface area contributed by atoms with E-state index in [1.54, 1.807) is 0 Å². The van der Waals surface area contributed by atoms with Crippen molar-refractivity contribution < 1.29 is 4.21 Å². The standard InChI is InChI=1S/C23H39N5OS.HI/c1-3-24-23(27-20-10-9-11-21(16-20)30(29)4-2)26-18-19-12-13-22(25-17-19)28-14-7-5-6-8-15-28;/h12-13,17,20-21H,3-11,14-16,18H2,1-2H3,(H2,24,26,27);1H. The lowest BCUT2D eigenvalue weighted by molar-refractivity contribution is 0.413. The molecule has 1 saturated heterocycles. The lowest BCUT2D eigenvalue weighted by atomic mass is 9.95. The number of nitrogens with one attached hydrogen (secondary N) is 2. The second-order valence-corrected chi connectivity index (χ2v) is 10.4. The van der Waals surface area contributed by atoms with Gasteiger partial charge in [-0.25, -0.2) is 9.98 Å². The Morgan fingerprint density at radius 1 is 1.16 bits per heavy atom. The van der Waals surface area contributed by atoms with E-state index >= 15 is 0 Å². The van der Waals surface area contributed by atoms with Crippen molar-refractivity contribution in [2.75, 3.05) is 30.3 Å². The van der Waals surface area contributed by atoms with Gasteiger partial charge in [-0.2, -0.15) is 0 Å². The number of aliphatic imine (C=N–C) groups is 1. The smallest absolute Gasteiger partial charge is 0.191 e. The zero-order valence-electron chi connectivity index (χ0n) is 19.1. The molecule has 1 aliphatic heterocycles. The van der Waals surface area contributed by atoms with Crippen molar-refractivity contribution in [2.45, 2.75) is 83.1 Å². The highest BCUT2D eigenvalue weighted by Crippen LogP contribution is 2.23. The summed E-state index contributed by atoms with van der Waals surface area (Å²) in [5, 5.41) is 7.26. The second kappa shape index (κ2) is 14.3. The van der Waals surface area contributed by atoms with E-state index < -0.39 is 10.8 Å². The summed E-state index contributed by atoms with van der Waals surface area (Å²) in [4.78, 5) is 11.9. The molecular weight excluding hydrogens is 521 g/mol. The van der Waals surface area contributed by atoms with Crippen LogP contribution in [-0.4, -0.2) is 51.8 Å². The first kappa shape index (κ1) is 26.4. The fraction of sp³-hybridized carbons (Fsp3) is 0.739. The maximum absolute atomic E-state index is 12.2. The summed E-state index contributed by atoms with van der Waals surface area (Å²) in [5.41, 5.74) is 1.12. The second-order valence-electron chi connectivity index (χ2n) is 8.42. The summed E-state index contributed by atoms with van der Waals surface area (Å²) in [7, 11) is -0.704. The molecule has 1 aromatic heterocycles. The normalized spacial score (nSPS) is 23.4. The third-order valence-corrected chi connectivity index (χ3v) is 7.87. The monoisotopic (exact) mass is 561 g/mol. The number of guanidine groups is 1. The minimum Gasteiger partial charge on any atom is -0.357 e. The number of halogens is 1. The van der Waals surface area contributed by atoms with Crippen LogP contribution in [0.25, 0.3) is 0 Å². The molecule has 6 nitrogen and oxygen atoms in total. The highest BCUT2D eigenvalue weighted by Gasteiger charge is 2.26. The Balaban J connectivity index is 0.00000341. The van der Waals surface area contributed by atoms with Crippen LogP contribution in [0.1, 0.15) is 70.8 Å². The molecular formula is C23H40IN5OS. The Bertz CT molecular complexity index is 692. The first-order valence-electron chi connectivity index (χ1n) is 11.8. The zero-order chi connectivity index (χ0) is 21.2. The molecule has 0 amide bonds. The van der Waals surface area contributed by atoms with Crippen molar-refractivity contribution in [1.82, 2.24) is 15.6 Å². The number of nitrogens with zero attached hydrogens (tertiary/aromatic N) is 3. The Labute approximate surface area is 207 Å². The van der Waals surface area contributed by atoms with Crippen molar-refractivity contribution in [1.29, 1.82) is 0 Å². The van der Waals surface area contributed by atoms with Crippen LogP contribution in [0.15, 0.2) is 23.3 Å². The molecule has 0 aromatic carbocycles. The predicted octanol–water partition coefficient (Wildman–Crippen LogP) is 4.21. The van der Waals surface area contributed by atoms with Crippen LogP contribution in [0, 0.1) is 0 Å². The SMILES string of the molecule is CCNC(=NCc1ccc(N2CCCCCC2)nc1)NC1CCCC(S(=O)CC)C1.I. The van der Waals surface area contributed by atoms with Crippen LogP contribution in [0.5, 0.6) is 0 Å². The number of hydrogen-bond acceptors (Lipinski definition) is 4. The molecule has 2 aliphatic rings. The lowest BCUT2D eigenvalue weighted by Crippen LogP contribution is -2.46. The molecule has 2 N–H and O–H groups in total. The average molecular weight is 562 g/mol. The van der Waals surface area contributed by atoms with Gasteiger partial charge < -0.3 is 15.5 Å². The third kappa shape index (κ3) is 8.51. The summed E-state index contributed by atoms with van der Waals surface area (Å²) >= 11 is 0. The molecule has 3 rings (SSSR count). The van der Waals surface area contributed by atoms with Crippen LogP contribution in [0.3, 0.4) is 0 Å². The Morgan fingerprint density at radius 3 is 2.58 bits per heavy atom. The van der Waals surface area contributed by atoms with Crippen LogP contribution in [-0.2, 0) is 17.3 Å². The Kier molecular flexibility index (Phi) is 12.1.